The Balaban J connectivity index is 1.39. The Morgan fingerprint density at radius 3 is 2.47 bits per heavy atom. The number of esters is 1. The lowest BCUT2D eigenvalue weighted by atomic mass is 9.96. The number of nitro benzene ring substituents is 1. The summed E-state index contributed by atoms with van der Waals surface area (Å²) in [7, 11) is -3.84. The number of nitrogens with zero attached hydrogens (tertiary/aromatic N) is 3. The van der Waals surface area contributed by atoms with Gasteiger partial charge in [0.2, 0.25) is 10.0 Å². The first-order valence-corrected chi connectivity index (χ1v) is 13.2. The first-order valence-electron chi connectivity index (χ1n) is 11.8. The monoisotopic (exact) mass is 497 g/mol. The Morgan fingerprint density at radius 2 is 1.82 bits per heavy atom. The molecule has 1 atom stereocenters. The predicted molar refractivity (Wildman–Crippen MR) is 122 cm³/mol. The standard InChI is InChI=1S/C22H31N3O8S/c26-22(33-16-18-3-1-2-12-32-18)17-6-8-23(9-7-17)20-5-4-19(15-21(20)25(27)28)34(29,30)24-10-13-31-14-11-24/h4-5,15,17-18H,1-3,6-14,16H2. The van der Waals surface area contributed by atoms with Crippen LogP contribution in [0.1, 0.15) is 32.1 Å². The van der Waals surface area contributed by atoms with Gasteiger partial charge in [0.15, 0.2) is 0 Å². The summed E-state index contributed by atoms with van der Waals surface area (Å²) in [6, 6.07) is 4.03. The molecule has 1 aromatic carbocycles. The number of nitro groups is 1. The summed E-state index contributed by atoms with van der Waals surface area (Å²) < 4.78 is 43.4. The number of carbonyl (C=O) groups excluding carboxylic acids is 1. The average molecular weight is 498 g/mol. The van der Waals surface area contributed by atoms with Gasteiger partial charge in [0.05, 0.1) is 35.1 Å². The molecule has 0 N–H and O–H groups in total. The Hall–Kier alpha value is -2.28. The van der Waals surface area contributed by atoms with Crippen molar-refractivity contribution in [3.05, 3.63) is 28.3 Å². The topological polar surface area (TPSA) is 129 Å². The number of piperidine rings is 1. The summed E-state index contributed by atoms with van der Waals surface area (Å²) in [6.45, 7) is 2.87. The molecule has 0 amide bonds. The molecule has 12 heteroatoms. The Labute approximate surface area is 199 Å². The van der Waals surface area contributed by atoms with Crippen molar-refractivity contribution in [2.45, 2.75) is 43.1 Å². The van der Waals surface area contributed by atoms with Gasteiger partial charge in [-0.15, -0.1) is 0 Å². The van der Waals surface area contributed by atoms with Gasteiger partial charge in [0.25, 0.3) is 5.69 Å². The SMILES string of the molecule is O=C(OCC1CCCCO1)C1CCN(c2ccc(S(=O)(=O)N3CCOCC3)cc2[N+](=O)[O-])CC1. The molecule has 0 radical (unpaired) electrons. The summed E-state index contributed by atoms with van der Waals surface area (Å²) in [5.74, 6) is -0.518. The molecule has 1 unspecified atom stereocenters. The van der Waals surface area contributed by atoms with Gasteiger partial charge >= 0.3 is 5.97 Å². The molecule has 4 rings (SSSR count). The third-order valence-electron chi connectivity index (χ3n) is 6.61. The normalized spacial score (nSPS) is 22.9. The van der Waals surface area contributed by atoms with E-state index < -0.39 is 14.9 Å². The Morgan fingerprint density at radius 1 is 1.09 bits per heavy atom. The lowest BCUT2D eigenvalue weighted by Gasteiger charge is -2.33. The fourth-order valence-electron chi connectivity index (χ4n) is 4.60. The fourth-order valence-corrected chi connectivity index (χ4v) is 6.03. The van der Waals surface area contributed by atoms with Crippen molar-refractivity contribution in [3.8, 4) is 0 Å². The van der Waals surface area contributed by atoms with Gasteiger partial charge in [-0.3, -0.25) is 14.9 Å². The van der Waals surface area contributed by atoms with Crippen LogP contribution in [0, 0.1) is 16.0 Å². The van der Waals surface area contributed by atoms with E-state index in [2.05, 4.69) is 0 Å². The van der Waals surface area contributed by atoms with Crippen LogP contribution in [0.4, 0.5) is 11.4 Å². The van der Waals surface area contributed by atoms with Crippen LogP contribution >= 0.6 is 0 Å². The minimum absolute atomic E-state index is 0.0345. The van der Waals surface area contributed by atoms with Crippen LogP contribution in [0.25, 0.3) is 0 Å². The molecule has 3 aliphatic heterocycles. The molecule has 11 nitrogen and oxygen atoms in total. The number of hydrogen-bond donors (Lipinski definition) is 0. The highest BCUT2D eigenvalue weighted by Crippen LogP contribution is 2.34. The molecule has 0 spiro atoms. The van der Waals surface area contributed by atoms with Crippen molar-refractivity contribution in [3.63, 3.8) is 0 Å². The minimum Gasteiger partial charge on any atom is -0.463 e. The second kappa shape index (κ2) is 11.0. The fraction of sp³-hybridized carbons (Fsp3) is 0.682. The molecule has 0 aromatic heterocycles. The number of carbonyl (C=O) groups is 1. The predicted octanol–water partition coefficient (Wildman–Crippen LogP) is 1.94. The molecule has 3 heterocycles. The average Bonchev–Trinajstić information content (AvgIpc) is 2.88. The first kappa shape index (κ1) is 24.8. The Bertz CT molecular complexity index is 982. The second-order valence-electron chi connectivity index (χ2n) is 8.80. The largest absolute Gasteiger partial charge is 0.463 e. The zero-order valence-corrected chi connectivity index (χ0v) is 19.9. The number of anilines is 1. The summed E-state index contributed by atoms with van der Waals surface area (Å²) in [5.41, 5.74) is 0.0955. The number of benzene rings is 1. The quantitative estimate of drug-likeness (QED) is 0.315. The van der Waals surface area contributed by atoms with E-state index in [1.54, 1.807) is 0 Å². The van der Waals surface area contributed by atoms with Crippen LogP contribution in [0.3, 0.4) is 0 Å². The van der Waals surface area contributed by atoms with Crippen molar-refractivity contribution >= 4 is 27.4 Å². The van der Waals surface area contributed by atoms with Crippen molar-refractivity contribution in [1.29, 1.82) is 0 Å². The number of ether oxygens (including phenoxy) is 3. The molecular formula is C22H31N3O8S. The van der Waals surface area contributed by atoms with Gasteiger partial charge in [-0.25, -0.2) is 8.42 Å². The van der Waals surface area contributed by atoms with E-state index in [1.807, 2.05) is 4.90 Å². The summed E-state index contributed by atoms with van der Waals surface area (Å²) in [4.78, 5) is 25.4. The highest BCUT2D eigenvalue weighted by atomic mass is 32.2. The lowest BCUT2D eigenvalue weighted by Crippen LogP contribution is -2.40. The molecule has 0 bridgehead atoms. The smallest absolute Gasteiger partial charge is 0.309 e. The van der Waals surface area contributed by atoms with Crippen molar-refractivity contribution < 1.29 is 32.3 Å². The van der Waals surface area contributed by atoms with Gasteiger partial charge in [-0.05, 0) is 44.2 Å². The number of morpholine rings is 1. The van der Waals surface area contributed by atoms with Gasteiger partial charge in [0.1, 0.15) is 12.3 Å². The van der Waals surface area contributed by atoms with Gasteiger partial charge in [-0.1, -0.05) is 0 Å². The molecule has 188 valence electrons. The molecule has 3 aliphatic rings. The Kier molecular flexibility index (Phi) is 8.02. The van der Waals surface area contributed by atoms with Crippen LogP contribution in [0.15, 0.2) is 23.1 Å². The highest BCUT2D eigenvalue weighted by molar-refractivity contribution is 7.89. The number of hydrogen-bond acceptors (Lipinski definition) is 9. The van der Waals surface area contributed by atoms with E-state index >= 15 is 0 Å². The van der Waals surface area contributed by atoms with Crippen LogP contribution in [0.2, 0.25) is 0 Å². The number of sulfonamides is 1. The van der Waals surface area contributed by atoms with E-state index in [4.69, 9.17) is 14.2 Å². The molecule has 0 saturated carbocycles. The molecule has 1 aromatic rings. The zero-order chi connectivity index (χ0) is 24.1. The lowest BCUT2D eigenvalue weighted by molar-refractivity contribution is -0.384. The third kappa shape index (κ3) is 5.68. The van der Waals surface area contributed by atoms with Crippen molar-refractivity contribution in [2.75, 3.05) is 57.5 Å². The van der Waals surface area contributed by atoms with E-state index in [9.17, 15) is 23.3 Å². The first-order chi connectivity index (χ1) is 16.4. The van der Waals surface area contributed by atoms with E-state index in [1.165, 1.54) is 16.4 Å². The minimum atomic E-state index is -3.84. The molecule has 34 heavy (non-hydrogen) atoms. The summed E-state index contributed by atoms with van der Waals surface area (Å²) in [5, 5.41) is 11.8. The summed E-state index contributed by atoms with van der Waals surface area (Å²) in [6.07, 6.45) is 3.99. The van der Waals surface area contributed by atoms with E-state index in [0.29, 0.717) is 51.4 Å². The molecule has 3 fully saturated rings. The summed E-state index contributed by atoms with van der Waals surface area (Å²) >= 11 is 0. The van der Waals surface area contributed by atoms with Crippen LogP contribution in [-0.4, -0.2) is 82.3 Å². The molecular weight excluding hydrogens is 466 g/mol. The number of rotatable bonds is 7. The second-order valence-corrected chi connectivity index (χ2v) is 10.7. The van der Waals surface area contributed by atoms with Crippen molar-refractivity contribution in [1.82, 2.24) is 4.31 Å². The molecule has 3 saturated heterocycles. The van der Waals surface area contributed by atoms with Crippen LogP contribution < -0.4 is 4.90 Å². The highest BCUT2D eigenvalue weighted by Gasteiger charge is 2.32. The third-order valence-corrected chi connectivity index (χ3v) is 8.50. The van der Waals surface area contributed by atoms with Crippen LogP contribution in [-0.2, 0) is 29.0 Å². The van der Waals surface area contributed by atoms with E-state index in [0.717, 1.165) is 25.3 Å². The maximum Gasteiger partial charge on any atom is 0.309 e. The van der Waals surface area contributed by atoms with Gasteiger partial charge in [-0.2, -0.15) is 4.31 Å². The van der Waals surface area contributed by atoms with Gasteiger partial charge < -0.3 is 19.1 Å². The van der Waals surface area contributed by atoms with Gasteiger partial charge in [0, 0.05) is 38.9 Å². The zero-order valence-electron chi connectivity index (χ0n) is 19.1. The van der Waals surface area contributed by atoms with E-state index in [-0.39, 0.29) is 48.3 Å². The maximum absolute atomic E-state index is 12.9. The molecule has 0 aliphatic carbocycles. The van der Waals surface area contributed by atoms with Crippen molar-refractivity contribution in [2.24, 2.45) is 5.92 Å². The maximum atomic E-state index is 12.9. The van der Waals surface area contributed by atoms with Crippen LogP contribution in [0.5, 0.6) is 0 Å².